The molecule has 0 aliphatic heterocycles. The van der Waals surface area contributed by atoms with E-state index in [4.69, 9.17) is 0 Å². The van der Waals surface area contributed by atoms with Crippen LogP contribution in [-0.2, 0) is 6.54 Å². The van der Waals surface area contributed by atoms with E-state index in [1.165, 1.54) is 10.8 Å². The molecule has 1 aliphatic carbocycles. The average molecular weight is 286 g/mol. The zero-order valence-corrected chi connectivity index (χ0v) is 11.3. The lowest BCUT2D eigenvalue weighted by molar-refractivity contribution is 0.0892. The Morgan fingerprint density at radius 2 is 2.10 bits per heavy atom. The Morgan fingerprint density at radius 1 is 1.40 bits per heavy atom. The molecular weight excluding hydrogens is 266 g/mol. The largest absolute Gasteiger partial charge is 0.393 e. The van der Waals surface area contributed by atoms with Gasteiger partial charge in [-0.1, -0.05) is 0 Å². The van der Waals surface area contributed by atoms with Crippen molar-refractivity contribution in [2.75, 3.05) is 6.54 Å². The summed E-state index contributed by atoms with van der Waals surface area (Å²) in [5.74, 6) is 0.0441. The number of carbonyl (C=O) groups excluding carboxylic acids is 1. The maximum Gasteiger partial charge on any atom is 0.267 e. The summed E-state index contributed by atoms with van der Waals surface area (Å²) in [6.07, 6.45) is 2.10. The summed E-state index contributed by atoms with van der Waals surface area (Å²) in [4.78, 5) is 12.0. The molecule has 2 N–H and O–H groups in total. The van der Waals surface area contributed by atoms with Crippen LogP contribution < -0.4 is 5.32 Å². The van der Waals surface area contributed by atoms with Gasteiger partial charge in [0, 0.05) is 12.7 Å². The number of amides is 1. The van der Waals surface area contributed by atoms with Crippen molar-refractivity contribution >= 4 is 5.91 Å². The number of hydrogen-bond donors (Lipinski definition) is 2. The molecule has 0 unspecified atom stereocenters. The second kappa shape index (κ2) is 6.83. The summed E-state index contributed by atoms with van der Waals surface area (Å²) in [6.45, 7) is 0.0663. The third-order valence-electron chi connectivity index (χ3n) is 3.76. The maximum absolute atomic E-state index is 12.4. The van der Waals surface area contributed by atoms with Crippen LogP contribution >= 0.6 is 0 Å². The summed E-state index contributed by atoms with van der Waals surface area (Å²) in [5.41, 5.74) is 0.265. The minimum absolute atomic E-state index is 0.217. The highest BCUT2D eigenvalue weighted by Gasteiger charge is 2.20. The molecule has 1 heterocycles. The number of aliphatic hydroxyl groups excluding tert-OH is 1. The highest BCUT2D eigenvalue weighted by molar-refractivity contribution is 5.92. The Kier molecular flexibility index (Phi) is 5.11. The molecule has 1 saturated carbocycles. The second-order valence-electron chi connectivity index (χ2n) is 5.32. The maximum atomic E-state index is 12.4. The molecule has 0 bridgehead atoms. The molecule has 20 heavy (non-hydrogen) atoms. The lowest BCUT2D eigenvalue weighted by Gasteiger charge is -2.25. The standard InChI is InChI=1S/C14H20F2N2O2/c15-13(16)9-18-7-1-2-12(18)14(20)17-8-10-3-5-11(19)6-4-10/h1-2,7,10-11,13,19H,3-6,8-9H2,(H,17,20). The first-order chi connectivity index (χ1) is 9.56. The molecule has 1 aliphatic rings. The van der Waals surface area contributed by atoms with Gasteiger partial charge in [0.2, 0.25) is 0 Å². The molecule has 0 radical (unpaired) electrons. The van der Waals surface area contributed by atoms with Gasteiger partial charge in [0.1, 0.15) is 5.69 Å². The van der Waals surface area contributed by atoms with E-state index >= 15 is 0 Å². The predicted octanol–water partition coefficient (Wildman–Crippen LogP) is 2.03. The summed E-state index contributed by atoms with van der Waals surface area (Å²) in [5, 5.41) is 12.2. The number of hydrogen-bond acceptors (Lipinski definition) is 2. The molecule has 0 aromatic carbocycles. The summed E-state index contributed by atoms with van der Waals surface area (Å²) in [6, 6.07) is 3.14. The van der Waals surface area contributed by atoms with Crippen LogP contribution in [0, 0.1) is 5.92 Å². The molecule has 1 aromatic rings. The summed E-state index contributed by atoms with van der Waals surface area (Å²) >= 11 is 0. The van der Waals surface area contributed by atoms with Crippen LogP contribution in [0.5, 0.6) is 0 Å². The number of nitrogens with zero attached hydrogens (tertiary/aromatic N) is 1. The van der Waals surface area contributed by atoms with Crippen LogP contribution in [0.4, 0.5) is 8.78 Å². The minimum atomic E-state index is -2.48. The van der Waals surface area contributed by atoms with Crippen molar-refractivity contribution in [1.82, 2.24) is 9.88 Å². The van der Waals surface area contributed by atoms with Gasteiger partial charge < -0.3 is 15.0 Å². The highest BCUT2D eigenvalue weighted by Crippen LogP contribution is 2.23. The fraction of sp³-hybridized carbons (Fsp3) is 0.643. The fourth-order valence-electron chi connectivity index (χ4n) is 2.60. The van der Waals surface area contributed by atoms with E-state index < -0.39 is 13.0 Å². The van der Waals surface area contributed by atoms with Gasteiger partial charge in [0.05, 0.1) is 12.6 Å². The van der Waals surface area contributed by atoms with E-state index in [9.17, 15) is 18.7 Å². The van der Waals surface area contributed by atoms with Gasteiger partial charge in [-0.3, -0.25) is 4.79 Å². The van der Waals surface area contributed by atoms with E-state index in [0.29, 0.717) is 12.5 Å². The van der Waals surface area contributed by atoms with Crippen LogP contribution in [0.15, 0.2) is 18.3 Å². The summed E-state index contributed by atoms with van der Waals surface area (Å²) in [7, 11) is 0. The normalized spacial score (nSPS) is 23.0. The Hall–Kier alpha value is -1.43. The van der Waals surface area contributed by atoms with Crippen molar-refractivity contribution < 1.29 is 18.7 Å². The lowest BCUT2D eigenvalue weighted by atomic mass is 9.87. The number of carbonyl (C=O) groups is 1. The second-order valence-corrected chi connectivity index (χ2v) is 5.32. The lowest BCUT2D eigenvalue weighted by Crippen LogP contribution is -2.33. The minimum Gasteiger partial charge on any atom is -0.393 e. The van der Waals surface area contributed by atoms with Crippen LogP contribution in [0.25, 0.3) is 0 Å². The average Bonchev–Trinajstić information content (AvgIpc) is 2.85. The van der Waals surface area contributed by atoms with Gasteiger partial charge in [0.25, 0.3) is 12.3 Å². The number of halogens is 2. The van der Waals surface area contributed by atoms with Crippen LogP contribution in [-0.4, -0.2) is 34.7 Å². The molecule has 0 atom stereocenters. The van der Waals surface area contributed by atoms with Crippen LogP contribution in [0.1, 0.15) is 36.2 Å². The van der Waals surface area contributed by atoms with Crippen molar-refractivity contribution in [1.29, 1.82) is 0 Å². The van der Waals surface area contributed by atoms with E-state index in [2.05, 4.69) is 5.32 Å². The Labute approximate surface area is 116 Å². The highest BCUT2D eigenvalue weighted by atomic mass is 19.3. The first-order valence-electron chi connectivity index (χ1n) is 6.96. The van der Waals surface area contributed by atoms with Gasteiger partial charge in [-0.05, 0) is 43.7 Å². The number of nitrogens with one attached hydrogen (secondary N) is 1. The fourth-order valence-corrected chi connectivity index (χ4v) is 2.60. The van der Waals surface area contributed by atoms with Crippen molar-refractivity contribution in [2.45, 2.75) is 44.8 Å². The van der Waals surface area contributed by atoms with Crippen molar-refractivity contribution in [3.8, 4) is 0 Å². The van der Waals surface area contributed by atoms with Crippen LogP contribution in [0.3, 0.4) is 0 Å². The van der Waals surface area contributed by atoms with Gasteiger partial charge in [-0.25, -0.2) is 8.78 Å². The Morgan fingerprint density at radius 3 is 2.75 bits per heavy atom. The van der Waals surface area contributed by atoms with Gasteiger partial charge in [-0.15, -0.1) is 0 Å². The van der Waals surface area contributed by atoms with Crippen molar-refractivity contribution in [3.63, 3.8) is 0 Å². The van der Waals surface area contributed by atoms with Crippen molar-refractivity contribution in [3.05, 3.63) is 24.0 Å². The van der Waals surface area contributed by atoms with E-state index in [1.54, 1.807) is 12.1 Å². The zero-order chi connectivity index (χ0) is 14.5. The van der Waals surface area contributed by atoms with Gasteiger partial charge in [-0.2, -0.15) is 0 Å². The first kappa shape index (κ1) is 15.0. The molecular formula is C14H20F2N2O2. The Balaban J connectivity index is 1.84. The molecule has 112 valence electrons. The smallest absolute Gasteiger partial charge is 0.267 e. The van der Waals surface area contributed by atoms with E-state index in [1.807, 2.05) is 0 Å². The number of aromatic nitrogens is 1. The topological polar surface area (TPSA) is 54.3 Å². The molecule has 2 rings (SSSR count). The van der Waals surface area contributed by atoms with E-state index in [0.717, 1.165) is 25.7 Å². The Bertz CT molecular complexity index is 440. The molecule has 4 nitrogen and oxygen atoms in total. The van der Waals surface area contributed by atoms with Gasteiger partial charge >= 0.3 is 0 Å². The third-order valence-corrected chi connectivity index (χ3v) is 3.76. The number of alkyl halides is 2. The molecule has 1 fully saturated rings. The SMILES string of the molecule is O=C(NCC1CCC(O)CC1)c1cccn1CC(F)F. The third kappa shape index (κ3) is 4.03. The molecule has 1 aromatic heterocycles. The predicted molar refractivity (Wildman–Crippen MR) is 70.7 cm³/mol. The summed E-state index contributed by atoms with van der Waals surface area (Å²) < 4.78 is 26.0. The van der Waals surface area contributed by atoms with E-state index in [-0.39, 0.29) is 17.7 Å². The van der Waals surface area contributed by atoms with Gasteiger partial charge in [0.15, 0.2) is 0 Å². The first-order valence-corrected chi connectivity index (χ1v) is 6.96. The molecule has 0 spiro atoms. The number of aliphatic hydroxyl groups is 1. The van der Waals surface area contributed by atoms with Crippen LogP contribution in [0.2, 0.25) is 0 Å². The molecule has 1 amide bonds. The molecule has 0 saturated heterocycles. The monoisotopic (exact) mass is 286 g/mol. The molecule has 6 heteroatoms. The van der Waals surface area contributed by atoms with Crippen molar-refractivity contribution in [2.24, 2.45) is 5.92 Å². The quantitative estimate of drug-likeness (QED) is 0.870. The zero-order valence-electron chi connectivity index (χ0n) is 11.3. The number of rotatable bonds is 5.